The minimum absolute atomic E-state index is 0.0952. The minimum Gasteiger partial charge on any atom is -0.506 e. The van der Waals surface area contributed by atoms with Crippen LogP contribution in [0.3, 0.4) is 0 Å². The van der Waals surface area contributed by atoms with Crippen molar-refractivity contribution in [3.8, 4) is 5.75 Å². The molecule has 0 aliphatic carbocycles. The number of phenolic OH excluding ortho intramolecular Hbond substituents is 1. The maximum absolute atomic E-state index is 13.2. The fraction of sp³-hybridized carbons (Fsp3) is 0.118. The topological polar surface area (TPSA) is 70.7 Å². The van der Waals surface area contributed by atoms with Crippen molar-refractivity contribution in [2.45, 2.75) is 13.0 Å². The molecule has 3 aromatic rings. The van der Waals surface area contributed by atoms with Crippen LogP contribution in [0.5, 0.6) is 5.75 Å². The van der Waals surface area contributed by atoms with E-state index in [9.17, 15) is 15.0 Å². The average molecular weight is 444 g/mol. The van der Waals surface area contributed by atoms with E-state index in [0.29, 0.717) is 0 Å². The van der Waals surface area contributed by atoms with Crippen LogP contribution in [0.15, 0.2) is 49.7 Å². The molecule has 0 radical (unpaired) electrons. The van der Waals surface area contributed by atoms with Gasteiger partial charge in [-0.05, 0) is 57.0 Å². The van der Waals surface area contributed by atoms with Crippen molar-refractivity contribution >= 4 is 48.6 Å². The van der Waals surface area contributed by atoms with E-state index in [1.54, 1.807) is 0 Å². The van der Waals surface area contributed by atoms with Crippen LogP contribution in [0.4, 0.5) is 0 Å². The molecule has 1 aromatic heterocycles. The number of phenols is 1. The van der Waals surface area contributed by atoms with Gasteiger partial charge in [-0.25, -0.2) is 0 Å². The lowest BCUT2D eigenvalue weighted by atomic mass is 9.98. The van der Waals surface area contributed by atoms with Crippen molar-refractivity contribution in [1.82, 2.24) is 0 Å². The van der Waals surface area contributed by atoms with Gasteiger partial charge >= 0.3 is 0 Å². The minimum atomic E-state index is -1.22. The molecular weight excluding hydrogens is 428 g/mol. The Kier molecular flexibility index (Phi) is 3.14. The van der Waals surface area contributed by atoms with E-state index in [1.165, 1.54) is 19.1 Å². The van der Waals surface area contributed by atoms with Crippen molar-refractivity contribution in [3.63, 3.8) is 0 Å². The summed E-state index contributed by atoms with van der Waals surface area (Å²) in [6, 6.07) is 0.888. The molecule has 2 N–H and O–H groups in total. The molecule has 0 bridgehead atoms. The number of carbonyl (C=O) groups is 1. The highest BCUT2D eigenvalue weighted by atomic mass is 79.9. The second-order valence-electron chi connectivity index (χ2n) is 4.84. The summed E-state index contributed by atoms with van der Waals surface area (Å²) in [4.78, 5) is 13.2. The number of hydrogen-bond donors (Lipinski definition) is 2. The molecule has 0 spiro atoms. The largest absolute Gasteiger partial charge is 0.506 e. The van der Waals surface area contributed by atoms with E-state index in [-0.39, 0.29) is 42.6 Å². The van der Waals surface area contributed by atoms with Crippen LogP contribution in [0.2, 0.25) is 0 Å². The second kappa shape index (κ2) is 6.11. The molecule has 23 heavy (non-hydrogen) atoms. The van der Waals surface area contributed by atoms with Gasteiger partial charge < -0.3 is 14.6 Å². The first kappa shape index (κ1) is 11.8. The van der Waals surface area contributed by atoms with E-state index in [4.69, 9.17) is 9.90 Å². The Morgan fingerprint density at radius 3 is 2.48 bits per heavy atom. The Labute approximate surface area is 154 Å². The quantitative estimate of drug-likeness (QED) is 0.562. The molecule has 4 nitrogen and oxygen atoms in total. The van der Waals surface area contributed by atoms with Gasteiger partial charge in [0.25, 0.3) is 0 Å². The summed E-state index contributed by atoms with van der Waals surface area (Å²) in [5.74, 6) is -0.861. The molecule has 0 saturated heterocycles. The molecule has 0 aliphatic heterocycles. The van der Waals surface area contributed by atoms with Crippen molar-refractivity contribution < 1.29 is 24.9 Å². The lowest BCUT2D eigenvalue weighted by Gasteiger charge is -2.07. The SMILES string of the molecule is [2H]c1c([2H])c([2H])c2c(C(=O)c3cc(Br)c(O)c(Br)c3)c([C@@H](C)O)oc2c1[2H]. The number of hydrogen-bond acceptors (Lipinski definition) is 4. The molecule has 1 heterocycles. The Morgan fingerprint density at radius 1 is 1.26 bits per heavy atom. The smallest absolute Gasteiger partial charge is 0.197 e. The van der Waals surface area contributed by atoms with E-state index in [0.717, 1.165) is 0 Å². The van der Waals surface area contributed by atoms with Gasteiger partial charge in [-0.1, -0.05) is 18.1 Å². The molecular formula is C17H12Br2O4. The number of aromatic hydroxyl groups is 1. The number of rotatable bonds is 3. The highest BCUT2D eigenvalue weighted by Gasteiger charge is 2.25. The van der Waals surface area contributed by atoms with Crippen LogP contribution >= 0.6 is 31.9 Å². The third-order valence-corrected chi connectivity index (χ3v) is 4.46. The Hall–Kier alpha value is -1.63. The van der Waals surface area contributed by atoms with Crippen molar-refractivity contribution in [2.24, 2.45) is 0 Å². The molecule has 118 valence electrons. The number of fused-ring (bicyclic) bond motifs is 1. The third kappa shape index (κ3) is 2.82. The number of benzene rings is 2. The Morgan fingerprint density at radius 2 is 1.87 bits per heavy atom. The van der Waals surface area contributed by atoms with Crippen LogP contribution in [0.1, 0.15) is 40.2 Å². The number of aliphatic hydroxyl groups is 1. The monoisotopic (exact) mass is 442 g/mol. The zero-order chi connectivity index (χ0) is 20.2. The fourth-order valence-electron chi connectivity index (χ4n) is 2.20. The maximum Gasteiger partial charge on any atom is 0.197 e. The van der Waals surface area contributed by atoms with Crippen LogP contribution in [0.25, 0.3) is 11.0 Å². The number of furan rings is 1. The lowest BCUT2D eigenvalue weighted by Crippen LogP contribution is -2.06. The Balaban J connectivity index is 2.40. The van der Waals surface area contributed by atoms with E-state index in [2.05, 4.69) is 31.9 Å². The molecule has 3 rings (SSSR count). The normalized spacial score (nSPS) is 15.0. The molecule has 0 unspecified atom stereocenters. The van der Waals surface area contributed by atoms with E-state index < -0.39 is 36.1 Å². The standard InChI is InChI=1S/C17H12Br2O4/c1-8(20)17-14(10-4-2-3-5-13(10)23-17)15(21)9-6-11(18)16(22)12(19)7-9/h2-8,20,22H,1H3/t8-/m1/s1/i2D,3D,4D,5D. The number of halogens is 2. The molecule has 0 fully saturated rings. The summed E-state index contributed by atoms with van der Waals surface area (Å²) in [5.41, 5.74) is -0.211. The highest BCUT2D eigenvalue weighted by Crippen LogP contribution is 2.36. The molecule has 0 aliphatic rings. The van der Waals surface area contributed by atoms with Gasteiger partial charge in [0.15, 0.2) is 5.78 Å². The molecule has 1 atom stereocenters. The van der Waals surface area contributed by atoms with Gasteiger partial charge in [0, 0.05) is 10.9 Å². The maximum atomic E-state index is 13.2. The third-order valence-electron chi connectivity index (χ3n) is 3.25. The molecule has 0 amide bonds. The zero-order valence-corrected chi connectivity index (χ0v) is 14.9. The molecule has 0 saturated carbocycles. The first-order valence-electron chi connectivity index (χ1n) is 8.49. The molecule has 6 heteroatoms. The van der Waals surface area contributed by atoms with Crippen molar-refractivity contribution in [2.75, 3.05) is 0 Å². The van der Waals surface area contributed by atoms with Gasteiger partial charge in [-0.3, -0.25) is 4.79 Å². The van der Waals surface area contributed by atoms with Crippen molar-refractivity contribution in [1.29, 1.82) is 0 Å². The van der Waals surface area contributed by atoms with Gasteiger partial charge in [-0.15, -0.1) is 0 Å². The molecule has 2 aromatic carbocycles. The fourth-order valence-corrected chi connectivity index (χ4v) is 3.38. The van der Waals surface area contributed by atoms with Crippen LogP contribution in [-0.4, -0.2) is 16.0 Å². The summed E-state index contributed by atoms with van der Waals surface area (Å²) in [6.45, 7) is 1.37. The van der Waals surface area contributed by atoms with Crippen LogP contribution < -0.4 is 0 Å². The summed E-state index contributed by atoms with van der Waals surface area (Å²) < 4.78 is 37.8. The van der Waals surface area contributed by atoms with E-state index >= 15 is 0 Å². The van der Waals surface area contributed by atoms with Crippen molar-refractivity contribution in [3.05, 3.63) is 62.1 Å². The summed E-state index contributed by atoms with van der Waals surface area (Å²) >= 11 is 6.29. The van der Waals surface area contributed by atoms with Gasteiger partial charge in [0.2, 0.25) is 0 Å². The predicted octanol–water partition coefficient (Wildman–Crippen LogP) is 4.95. The first-order chi connectivity index (χ1) is 12.6. The summed E-state index contributed by atoms with van der Waals surface area (Å²) in [7, 11) is 0. The highest BCUT2D eigenvalue weighted by molar-refractivity contribution is 9.11. The first-order valence-corrected chi connectivity index (χ1v) is 8.08. The van der Waals surface area contributed by atoms with Crippen LogP contribution in [-0.2, 0) is 0 Å². The summed E-state index contributed by atoms with van der Waals surface area (Å²) in [6.07, 6.45) is -1.22. The summed E-state index contributed by atoms with van der Waals surface area (Å²) in [5, 5.41) is 19.8. The number of carbonyl (C=O) groups excluding carboxylic acids is 1. The number of para-hydroxylation sites is 1. The lowest BCUT2D eigenvalue weighted by molar-refractivity contribution is 0.102. The predicted molar refractivity (Wildman–Crippen MR) is 93.8 cm³/mol. The second-order valence-corrected chi connectivity index (χ2v) is 6.55. The van der Waals surface area contributed by atoms with Gasteiger partial charge in [-0.2, -0.15) is 0 Å². The Bertz CT molecular complexity index is 1090. The zero-order valence-electron chi connectivity index (χ0n) is 15.7. The van der Waals surface area contributed by atoms with E-state index in [1.807, 2.05) is 0 Å². The average Bonchev–Trinajstić information content (AvgIpc) is 3.02. The number of aliphatic hydroxyl groups excluding tert-OH is 1. The van der Waals surface area contributed by atoms with Crippen LogP contribution in [0, 0.1) is 0 Å². The van der Waals surface area contributed by atoms with Gasteiger partial charge in [0.1, 0.15) is 23.2 Å². The van der Waals surface area contributed by atoms with Gasteiger partial charge in [0.05, 0.1) is 20.0 Å². The number of ketones is 1.